The van der Waals surface area contributed by atoms with Crippen LogP contribution in [0.4, 0.5) is 0 Å². The Hall–Kier alpha value is -0.120. The first-order valence-electron chi connectivity index (χ1n) is 8.25. The predicted octanol–water partition coefficient (Wildman–Crippen LogP) is 2.78. The van der Waals surface area contributed by atoms with Gasteiger partial charge in [-0.25, -0.2) is 0 Å². The highest BCUT2D eigenvalue weighted by Crippen LogP contribution is 2.38. The molecule has 0 aromatic rings. The second-order valence-electron chi connectivity index (χ2n) is 6.60. The minimum Gasteiger partial charge on any atom is -0.375 e. The summed E-state index contributed by atoms with van der Waals surface area (Å²) in [5.41, 5.74) is 6.45. The molecule has 3 nitrogen and oxygen atoms in total. The molecule has 0 spiro atoms. The molecule has 0 bridgehead atoms. The van der Waals surface area contributed by atoms with E-state index >= 15 is 0 Å². The van der Waals surface area contributed by atoms with Crippen molar-refractivity contribution in [1.29, 1.82) is 0 Å². The van der Waals surface area contributed by atoms with Crippen LogP contribution in [0.2, 0.25) is 0 Å². The molecule has 2 aliphatic rings. The van der Waals surface area contributed by atoms with Crippen molar-refractivity contribution in [2.24, 2.45) is 11.7 Å². The van der Waals surface area contributed by atoms with Crippen LogP contribution in [0.15, 0.2) is 0 Å². The summed E-state index contributed by atoms with van der Waals surface area (Å²) >= 11 is 0. The number of rotatable bonds is 6. The Labute approximate surface area is 118 Å². The first kappa shape index (κ1) is 15.3. The fourth-order valence-electron chi connectivity index (χ4n) is 4.12. The van der Waals surface area contributed by atoms with Crippen LogP contribution in [0.3, 0.4) is 0 Å². The third-order valence-electron chi connectivity index (χ3n) is 5.55. The largest absolute Gasteiger partial charge is 0.375 e. The van der Waals surface area contributed by atoms with Crippen molar-refractivity contribution in [3.8, 4) is 0 Å². The Morgan fingerprint density at radius 3 is 2.79 bits per heavy atom. The van der Waals surface area contributed by atoms with E-state index in [1.807, 2.05) is 0 Å². The highest BCUT2D eigenvalue weighted by Gasteiger charge is 2.45. The van der Waals surface area contributed by atoms with Crippen LogP contribution in [0.5, 0.6) is 0 Å². The van der Waals surface area contributed by atoms with Gasteiger partial charge in [-0.2, -0.15) is 0 Å². The quantitative estimate of drug-likeness (QED) is 0.805. The van der Waals surface area contributed by atoms with Crippen LogP contribution in [0.25, 0.3) is 0 Å². The molecule has 0 aromatic carbocycles. The van der Waals surface area contributed by atoms with E-state index in [1.165, 1.54) is 32.1 Å². The van der Waals surface area contributed by atoms with E-state index in [0.29, 0.717) is 12.1 Å². The van der Waals surface area contributed by atoms with Crippen LogP contribution in [-0.4, -0.2) is 42.3 Å². The van der Waals surface area contributed by atoms with Gasteiger partial charge in [0.1, 0.15) is 0 Å². The van der Waals surface area contributed by atoms with E-state index in [1.54, 1.807) is 0 Å². The van der Waals surface area contributed by atoms with Gasteiger partial charge in [0.2, 0.25) is 0 Å². The molecule has 1 aliphatic carbocycles. The second kappa shape index (κ2) is 6.55. The molecule has 112 valence electrons. The fraction of sp³-hybridized carbons (Fsp3) is 1.00. The molecule has 2 N–H and O–H groups in total. The normalized spacial score (nSPS) is 32.8. The molecule has 0 amide bonds. The van der Waals surface area contributed by atoms with Crippen LogP contribution in [-0.2, 0) is 4.74 Å². The average molecular weight is 268 g/mol. The van der Waals surface area contributed by atoms with E-state index in [9.17, 15) is 0 Å². The molecule has 2 rings (SSSR count). The Balaban J connectivity index is 2.16. The lowest BCUT2D eigenvalue weighted by Gasteiger charge is -2.51. The van der Waals surface area contributed by atoms with Crippen molar-refractivity contribution in [1.82, 2.24) is 4.90 Å². The molecule has 1 aliphatic heterocycles. The Bertz CT molecular complexity index is 278. The molecule has 1 heterocycles. The summed E-state index contributed by atoms with van der Waals surface area (Å²) < 4.78 is 5.97. The van der Waals surface area contributed by atoms with Gasteiger partial charge in [0.05, 0.1) is 12.7 Å². The third-order valence-corrected chi connectivity index (χ3v) is 5.55. The lowest BCUT2D eigenvalue weighted by atomic mass is 9.81. The van der Waals surface area contributed by atoms with Gasteiger partial charge in [-0.1, -0.05) is 27.2 Å². The van der Waals surface area contributed by atoms with Gasteiger partial charge in [-0.05, 0) is 38.0 Å². The van der Waals surface area contributed by atoms with Crippen LogP contribution < -0.4 is 5.73 Å². The smallest absolute Gasteiger partial charge is 0.0731 e. The van der Waals surface area contributed by atoms with Crippen LogP contribution >= 0.6 is 0 Å². The highest BCUT2D eigenvalue weighted by molar-refractivity contribution is 5.00. The third kappa shape index (κ3) is 2.98. The summed E-state index contributed by atoms with van der Waals surface area (Å²) in [7, 11) is 0. The van der Waals surface area contributed by atoms with Gasteiger partial charge in [0, 0.05) is 24.7 Å². The number of hydrogen-bond donors (Lipinski definition) is 1. The van der Waals surface area contributed by atoms with E-state index in [0.717, 1.165) is 32.0 Å². The molecule has 0 radical (unpaired) electrons. The molecular weight excluding hydrogens is 236 g/mol. The fourth-order valence-corrected chi connectivity index (χ4v) is 4.12. The van der Waals surface area contributed by atoms with Crippen molar-refractivity contribution < 1.29 is 4.74 Å². The van der Waals surface area contributed by atoms with Crippen LogP contribution in [0, 0.1) is 5.92 Å². The van der Waals surface area contributed by atoms with Crippen molar-refractivity contribution in [3.05, 3.63) is 0 Å². The first-order chi connectivity index (χ1) is 9.16. The topological polar surface area (TPSA) is 38.5 Å². The van der Waals surface area contributed by atoms with Crippen molar-refractivity contribution in [3.63, 3.8) is 0 Å². The average Bonchev–Trinajstić information content (AvgIpc) is 2.93. The number of nitrogens with two attached hydrogens (primary N) is 1. The summed E-state index contributed by atoms with van der Waals surface area (Å²) in [5, 5.41) is 0. The number of morpholine rings is 1. The van der Waals surface area contributed by atoms with E-state index in [4.69, 9.17) is 10.5 Å². The maximum Gasteiger partial charge on any atom is 0.0731 e. The van der Waals surface area contributed by atoms with E-state index < -0.39 is 0 Å². The van der Waals surface area contributed by atoms with Gasteiger partial charge < -0.3 is 10.5 Å². The first-order valence-corrected chi connectivity index (χ1v) is 8.25. The van der Waals surface area contributed by atoms with Crippen LogP contribution in [0.1, 0.15) is 59.3 Å². The van der Waals surface area contributed by atoms with Gasteiger partial charge in [-0.15, -0.1) is 0 Å². The molecule has 0 aromatic heterocycles. The standard InChI is InChI=1S/C16H32N2O/c1-4-13(3)11-16(5-2,12-17)18-9-10-19-15-8-6-7-14(15)18/h13-15H,4-12,17H2,1-3H3. The molecule has 19 heavy (non-hydrogen) atoms. The van der Waals surface area contributed by atoms with Crippen molar-refractivity contribution >= 4 is 0 Å². The Morgan fingerprint density at radius 2 is 2.16 bits per heavy atom. The molecular formula is C16H32N2O. The monoisotopic (exact) mass is 268 g/mol. The summed E-state index contributed by atoms with van der Waals surface area (Å²) in [6.45, 7) is 9.73. The summed E-state index contributed by atoms with van der Waals surface area (Å²) in [6.07, 6.45) is 7.99. The summed E-state index contributed by atoms with van der Waals surface area (Å²) in [5.74, 6) is 0.756. The molecule has 4 unspecified atom stereocenters. The number of hydrogen-bond acceptors (Lipinski definition) is 3. The zero-order valence-electron chi connectivity index (χ0n) is 13.0. The zero-order valence-corrected chi connectivity index (χ0v) is 13.0. The van der Waals surface area contributed by atoms with E-state index in [2.05, 4.69) is 25.7 Å². The number of fused-ring (bicyclic) bond motifs is 1. The molecule has 1 saturated heterocycles. The Morgan fingerprint density at radius 1 is 1.37 bits per heavy atom. The lowest BCUT2D eigenvalue weighted by molar-refractivity contribution is -0.104. The zero-order chi connectivity index (χ0) is 13.9. The molecule has 4 atom stereocenters. The van der Waals surface area contributed by atoms with Gasteiger partial charge in [-0.3, -0.25) is 4.90 Å². The number of nitrogens with zero attached hydrogens (tertiary/aromatic N) is 1. The minimum atomic E-state index is 0.201. The van der Waals surface area contributed by atoms with Crippen molar-refractivity contribution in [2.45, 2.75) is 77.0 Å². The maximum atomic E-state index is 6.25. The van der Waals surface area contributed by atoms with Crippen molar-refractivity contribution in [2.75, 3.05) is 19.7 Å². The predicted molar refractivity (Wildman–Crippen MR) is 80.2 cm³/mol. The highest BCUT2D eigenvalue weighted by atomic mass is 16.5. The second-order valence-corrected chi connectivity index (χ2v) is 6.60. The SMILES string of the molecule is CCC(C)CC(CC)(CN)N1CCOC2CCCC21. The minimum absolute atomic E-state index is 0.201. The lowest BCUT2D eigenvalue weighted by Crippen LogP contribution is -2.63. The summed E-state index contributed by atoms with van der Waals surface area (Å²) in [6, 6.07) is 0.626. The maximum absolute atomic E-state index is 6.25. The van der Waals surface area contributed by atoms with Gasteiger partial charge >= 0.3 is 0 Å². The Kier molecular flexibility index (Phi) is 5.27. The molecule has 1 saturated carbocycles. The number of ether oxygens (including phenoxy) is 1. The summed E-state index contributed by atoms with van der Waals surface area (Å²) in [4.78, 5) is 2.74. The van der Waals surface area contributed by atoms with Gasteiger partial charge in [0.25, 0.3) is 0 Å². The molecule has 3 heteroatoms. The van der Waals surface area contributed by atoms with E-state index in [-0.39, 0.29) is 5.54 Å². The van der Waals surface area contributed by atoms with Gasteiger partial charge in [0.15, 0.2) is 0 Å². The molecule has 2 fully saturated rings.